The lowest BCUT2D eigenvalue weighted by atomic mass is 10.2. The van der Waals surface area contributed by atoms with Crippen LogP contribution in [-0.4, -0.2) is 40.2 Å². The highest BCUT2D eigenvalue weighted by Gasteiger charge is 2.27. The van der Waals surface area contributed by atoms with Crippen LogP contribution in [0, 0.1) is 0 Å². The van der Waals surface area contributed by atoms with Crippen molar-refractivity contribution in [3.8, 4) is 0 Å². The number of aliphatic carboxylic acids is 1. The highest BCUT2D eigenvalue weighted by molar-refractivity contribution is 7.99. The number of carbonyl (C=O) groups is 2. The fourth-order valence-corrected chi connectivity index (χ4v) is 2.73. The Hall–Kier alpha value is -0.750. The first-order valence-electron chi connectivity index (χ1n) is 5.39. The van der Waals surface area contributed by atoms with Gasteiger partial charge in [0.15, 0.2) is 0 Å². The number of nitrogens with one attached hydrogen (secondary N) is 2. The Bertz CT molecular complexity index is 271. The van der Waals surface area contributed by atoms with Crippen LogP contribution in [0.1, 0.15) is 26.7 Å². The highest BCUT2D eigenvalue weighted by atomic mass is 32.2. The van der Waals surface area contributed by atoms with Crippen LogP contribution in [0.2, 0.25) is 0 Å². The molecule has 0 spiro atoms. The molecule has 6 heteroatoms. The summed E-state index contributed by atoms with van der Waals surface area (Å²) in [5.74, 6) is -0.0931. The largest absolute Gasteiger partial charge is 0.480 e. The van der Waals surface area contributed by atoms with Crippen LogP contribution in [0.25, 0.3) is 0 Å². The summed E-state index contributed by atoms with van der Waals surface area (Å²) in [6.45, 7) is 3.80. The van der Waals surface area contributed by atoms with Crippen molar-refractivity contribution in [2.45, 2.75) is 44.1 Å². The monoisotopic (exact) mass is 246 g/mol. The molecule has 1 amide bonds. The second-order valence-corrected chi connectivity index (χ2v) is 5.44. The van der Waals surface area contributed by atoms with Gasteiger partial charge < -0.3 is 10.4 Å². The number of carbonyl (C=O) groups excluding carboxylic acids is 1. The van der Waals surface area contributed by atoms with E-state index in [2.05, 4.69) is 10.6 Å². The van der Waals surface area contributed by atoms with E-state index in [9.17, 15) is 9.59 Å². The predicted molar refractivity (Wildman–Crippen MR) is 63.3 cm³/mol. The van der Waals surface area contributed by atoms with Crippen LogP contribution < -0.4 is 10.6 Å². The Balaban J connectivity index is 2.37. The Morgan fingerprint density at radius 1 is 1.56 bits per heavy atom. The maximum Gasteiger partial charge on any atom is 0.320 e. The molecular weight excluding hydrogens is 228 g/mol. The van der Waals surface area contributed by atoms with Crippen molar-refractivity contribution in [3.05, 3.63) is 0 Å². The molecule has 0 aromatic carbocycles. The van der Waals surface area contributed by atoms with Gasteiger partial charge in [-0.05, 0) is 26.0 Å². The van der Waals surface area contributed by atoms with Gasteiger partial charge in [0.1, 0.15) is 6.04 Å². The maximum atomic E-state index is 11.5. The molecule has 2 atom stereocenters. The van der Waals surface area contributed by atoms with Gasteiger partial charge in [0.05, 0.1) is 11.8 Å². The molecular formula is C10H18N2O3S. The summed E-state index contributed by atoms with van der Waals surface area (Å²) in [6, 6.07) is -0.394. The van der Waals surface area contributed by atoms with Crippen molar-refractivity contribution in [2.75, 3.05) is 5.75 Å². The van der Waals surface area contributed by atoms with Crippen molar-refractivity contribution in [1.82, 2.24) is 10.6 Å². The molecule has 16 heavy (non-hydrogen) atoms. The Kier molecular flexibility index (Phi) is 5.08. The molecule has 0 radical (unpaired) electrons. The topological polar surface area (TPSA) is 78.4 Å². The Labute approximate surface area is 99.4 Å². The molecule has 1 rings (SSSR count). The number of hydrogen-bond acceptors (Lipinski definition) is 4. The molecule has 1 fully saturated rings. The lowest BCUT2D eigenvalue weighted by molar-refractivity contribution is -0.140. The number of carboxylic acid groups (broad SMARTS) is 1. The molecule has 92 valence electrons. The number of carboxylic acids is 1. The highest BCUT2D eigenvalue weighted by Crippen LogP contribution is 2.20. The molecule has 1 saturated heterocycles. The Morgan fingerprint density at radius 3 is 2.81 bits per heavy atom. The van der Waals surface area contributed by atoms with E-state index in [0.717, 1.165) is 5.75 Å². The van der Waals surface area contributed by atoms with E-state index >= 15 is 0 Å². The van der Waals surface area contributed by atoms with Gasteiger partial charge in [-0.3, -0.25) is 14.9 Å². The molecule has 1 heterocycles. The average Bonchev–Trinajstić information content (AvgIpc) is 2.16. The number of amides is 1. The zero-order valence-corrected chi connectivity index (χ0v) is 10.3. The molecule has 3 N–H and O–H groups in total. The summed E-state index contributed by atoms with van der Waals surface area (Å²) < 4.78 is 0. The van der Waals surface area contributed by atoms with Crippen LogP contribution in [0.4, 0.5) is 0 Å². The van der Waals surface area contributed by atoms with Crippen molar-refractivity contribution in [2.24, 2.45) is 0 Å². The number of rotatable bonds is 4. The van der Waals surface area contributed by atoms with Crippen LogP contribution >= 0.6 is 11.8 Å². The molecule has 5 nitrogen and oxygen atoms in total. The molecule has 0 saturated carbocycles. The third-order valence-electron chi connectivity index (χ3n) is 2.23. The first kappa shape index (κ1) is 13.3. The van der Waals surface area contributed by atoms with Gasteiger partial charge in [-0.2, -0.15) is 0 Å². The van der Waals surface area contributed by atoms with E-state index < -0.39 is 12.0 Å². The zero-order valence-electron chi connectivity index (χ0n) is 9.53. The van der Waals surface area contributed by atoms with Crippen LogP contribution in [0.3, 0.4) is 0 Å². The maximum absolute atomic E-state index is 11.5. The van der Waals surface area contributed by atoms with Crippen molar-refractivity contribution in [1.29, 1.82) is 0 Å². The summed E-state index contributed by atoms with van der Waals surface area (Å²) in [6.07, 6.45) is 0.939. The average molecular weight is 246 g/mol. The fraction of sp³-hybridized carbons (Fsp3) is 0.800. The number of hydrogen-bond donors (Lipinski definition) is 3. The van der Waals surface area contributed by atoms with Gasteiger partial charge in [0, 0.05) is 6.04 Å². The van der Waals surface area contributed by atoms with Crippen LogP contribution in [-0.2, 0) is 9.59 Å². The van der Waals surface area contributed by atoms with Crippen LogP contribution in [0.5, 0.6) is 0 Å². The van der Waals surface area contributed by atoms with Crippen molar-refractivity contribution < 1.29 is 14.7 Å². The minimum Gasteiger partial charge on any atom is -0.480 e. The van der Waals surface area contributed by atoms with E-state index in [1.165, 1.54) is 0 Å². The third kappa shape index (κ3) is 4.40. The van der Waals surface area contributed by atoms with Gasteiger partial charge in [0.25, 0.3) is 0 Å². The van der Waals surface area contributed by atoms with Crippen molar-refractivity contribution in [3.63, 3.8) is 0 Å². The first-order valence-corrected chi connectivity index (χ1v) is 6.43. The van der Waals surface area contributed by atoms with Gasteiger partial charge >= 0.3 is 5.97 Å². The molecule has 1 aliphatic heterocycles. The summed E-state index contributed by atoms with van der Waals surface area (Å²) in [5, 5.41) is 14.5. The molecule has 0 bridgehead atoms. The fourth-order valence-electron chi connectivity index (χ4n) is 1.55. The second kappa shape index (κ2) is 6.10. The van der Waals surface area contributed by atoms with Gasteiger partial charge in [-0.25, -0.2) is 0 Å². The van der Waals surface area contributed by atoms with E-state index in [1.54, 1.807) is 11.8 Å². The van der Waals surface area contributed by atoms with E-state index in [0.29, 0.717) is 12.8 Å². The molecule has 0 aromatic heterocycles. The molecule has 2 unspecified atom stereocenters. The van der Waals surface area contributed by atoms with E-state index in [4.69, 9.17) is 5.11 Å². The van der Waals surface area contributed by atoms with E-state index in [-0.39, 0.29) is 17.3 Å². The standard InChI is InChI=1S/C10H18N2O3S/c1-6(2)11-8(13)5-9-12-7(10(14)15)3-4-16-9/h6-7,9,12H,3-5H2,1-2H3,(H,11,13)(H,14,15). The first-order chi connectivity index (χ1) is 7.49. The normalized spacial score (nSPS) is 25.4. The SMILES string of the molecule is CC(C)NC(=O)CC1NC(C(=O)O)CCS1. The summed E-state index contributed by atoms with van der Waals surface area (Å²) >= 11 is 1.60. The number of thioether (sulfide) groups is 1. The van der Waals surface area contributed by atoms with Crippen LogP contribution in [0.15, 0.2) is 0 Å². The molecule has 0 aliphatic carbocycles. The zero-order chi connectivity index (χ0) is 12.1. The lowest BCUT2D eigenvalue weighted by Crippen LogP contribution is -2.47. The molecule has 0 aromatic rings. The predicted octanol–water partition coefficient (Wildman–Crippen LogP) is 0.407. The lowest BCUT2D eigenvalue weighted by Gasteiger charge is -2.27. The molecule has 1 aliphatic rings. The van der Waals surface area contributed by atoms with Gasteiger partial charge in [-0.1, -0.05) is 0 Å². The second-order valence-electron chi connectivity index (χ2n) is 4.13. The summed E-state index contributed by atoms with van der Waals surface area (Å²) in [4.78, 5) is 22.3. The minimum absolute atomic E-state index is 0.0361. The van der Waals surface area contributed by atoms with Gasteiger partial charge in [-0.15, -0.1) is 11.8 Å². The van der Waals surface area contributed by atoms with Crippen molar-refractivity contribution >= 4 is 23.6 Å². The summed E-state index contributed by atoms with van der Waals surface area (Å²) in [5.41, 5.74) is 0. The quantitative estimate of drug-likeness (QED) is 0.669. The summed E-state index contributed by atoms with van der Waals surface area (Å²) in [7, 11) is 0. The third-order valence-corrected chi connectivity index (χ3v) is 3.41. The van der Waals surface area contributed by atoms with Gasteiger partial charge in [0.2, 0.25) is 5.91 Å². The Morgan fingerprint density at radius 2 is 2.25 bits per heavy atom. The van der Waals surface area contributed by atoms with E-state index in [1.807, 2.05) is 13.8 Å². The smallest absolute Gasteiger partial charge is 0.320 e. The minimum atomic E-state index is -0.838.